The van der Waals surface area contributed by atoms with E-state index in [0.717, 1.165) is 23.4 Å². The highest BCUT2D eigenvalue weighted by atomic mass is 19.1. The molecule has 0 aliphatic carbocycles. The quantitative estimate of drug-likeness (QED) is 0.929. The lowest BCUT2D eigenvalue weighted by Crippen LogP contribution is -2.25. The van der Waals surface area contributed by atoms with Crippen molar-refractivity contribution in [3.05, 3.63) is 58.4 Å². The Kier molecular flexibility index (Phi) is 4.45. The van der Waals surface area contributed by atoms with Crippen molar-refractivity contribution >= 4 is 0 Å². The Bertz CT molecular complexity index is 587. The molecule has 0 bridgehead atoms. The van der Waals surface area contributed by atoms with Crippen molar-refractivity contribution in [2.24, 2.45) is 0 Å². The second-order valence-electron chi connectivity index (χ2n) is 5.00. The molecule has 1 aromatic heterocycles. The Labute approximate surface area is 119 Å². The summed E-state index contributed by atoms with van der Waals surface area (Å²) in [6.07, 6.45) is 1.71. The number of nitrogens with one attached hydrogen (secondary N) is 1. The maximum absolute atomic E-state index is 14.4. The zero-order chi connectivity index (χ0) is 14.7. The Morgan fingerprint density at radius 2 is 2.00 bits per heavy atom. The molecule has 0 amide bonds. The van der Waals surface area contributed by atoms with Gasteiger partial charge >= 0.3 is 0 Å². The normalized spacial score (nSPS) is 12.4. The van der Waals surface area contributed by atoms with E-state index in [1.165, 1.54) is 0 Å². The smallest absolute Gasteiger partial charge is 0.128 e. The van der Waals surface area contributed by atoms with Crippen molar-refractivity contribution < 1.29 is 4.39 Å². The standard InChI is InChI=1S/C16H20FN3/c1-5-18-16(14-6-7-19-12(4)20-14)15-11(3)8-10(2)9-13(15)17/h6-9,16,18H,5H2,1-4H3. The summed E-state index contributed by atoms with van der Waals surface area (Å²) in [5, 5.41) is 3.31. The number of hydrogen-bond acceptors (Lipinski definition) is 3. The Hall–Kier alpha value is -1.81. The molecule has 20 heavy (non-hydrogen) atoms. The maximum atomic E-state index is 14.4. The van der Waals surface area contributed by atoms with Crippen LogP contribution in [-0.2, 0) is 0 Å². The second kappa shape index (κ2) is 6.09. The number of aromatic nitrogens is 2. The first-order chi connectivity index (χ1) is 9.52. The first-order valence-corrected chi connectivity index (χ1v) is 6.82. The summed E-state index contributed by atoms with van der Waals surface area (Å²) in [5.41, 5.74) is 3.32. The van der Waals surface area contributed by atoms with Gasteiger partial charge in [-0.2, -0.15) is 0 Å². The van der Waals surface area contributed by atoms with Gasteiger partial charge in [0.1, 0.15) is 11.6 Å². The van der Waals surface area contributed by atoms with Gasteiger partial charge in [-0.15, -0.1) is 0 Å². The van der Waals surface area contributed by atoms with Crippen LogP contribution in [0.5, 0.6) is 0 Å². The van der Waals surface area contributed by atoms with Crippen LogP contribution >= 0.6 is 0 Å². The van der Waals surface area contributed by atoms with Crippen molar-refractivity contribution in [3.8, 4) is 0 Å². The first kappa shape index (κ1) is 14.6. The lowest BCUT2D eigenvalue weighted by Gasteiger charge is -2.21. The fourth-order valence-corrected chi connectivity index (χ4v) is 2.49. The van der Waals surface area contributed by atoms with Gasteiger partial charge in [-0.05, 0) is 50.6 Å². The van der Waals surface area contributed by atoms with Gasteiger partial charge in [0.05, 0.1) is 11.7 Å². The molecule has 1 aromatic carbocycles. The van der Waals surface area contributed by atoms with E-state index in [4.69, 9.17) is 0 Å². The molecule has 0 aliphatic heterocycles. The molecule has 3 nitrogen and oxygen atoms in total. The Morgan fingerprint density at radius 3 is 2.60 bits per heavy atom. The third-order valence-corrected chi connectivity index (χ3v) is 3.27. The van der Waals surface area contributed by atoms with Crippen LogP contribution in [0, 0.1) is 26.6 Å². The number of benzene rings is 1. The first-order valence-electron chi connectivity index (χ1n) is 6.82. The SMILES string of the molecule is CCNC(c1ccnc(C)n1)c1c(C)cc(C)cc1F. The van der Waals surface area contributed by atoms with Gasteiger partial charge in [0.25, 0.3) is 0 Å². The zero-order valence-corrected chi connectivity index (χ0v) is 12.4. The van der Waals surface area contributed by atoms with Crippen LogP contribution in [0.3, 0.4) is 0 Å². The third kappa shape index (κ3) is 3.02. The average Bonchev–Trinajstić information content (AvgIpc) is 2.36. The maximum Gasteiger partial charge on any atom is 0.128 e. The molecule has 2 aromatic rings. The van der Waals surface area contributed by atoms with Gasteiger partial charge in [-0.3, -0.25) is 0 Å². The molecule has 1 N–H and O–H groups in total. The highest BCUT2D eigenvalue weighted by Gasteiger charge is 2.21. The van der Waals surface area contributed by atoms with E-state index >= 15 is 0 Å². The van der Waals surface area contributed by atoms with Crippen molar-refractivity contribution in [3.63, 3.8) is 0 Å². The molecule has 2 rings (SSSR count). The predicted octanol–water partition coefficient (Wildman–Crippen LogP) is 3.24. The molecule has 0 saturated heterocycles. The lowest BCUT2D eigenvalue weighted by atomic mass is 9.96. The van der Waals surface area contributed by atoms with Gasteiger partial charge in [0.2, 0.25) is 0 Å². The molecule has 106 valence electrons. The molecule has 1 atom stereocenters. The molecule has 4 heteroatoms. The molecular formula is C16H20FN3. The Morgan fingerprint density at radius 1 is 1.25 bits per heavy atom. The van der Waals surface area contributed by atoms with E-state index in [2.05, 4.69) is 15.3 Å². The number of hydrogen-bond donors (Lipinski definition) is 1. The summed E-state index contributed by atoms with van der Waals surface area (Å²) in [7, 11) is 0. The van der Waals surface area contributed by atoms with Crippen molar-refractivity contribution in [2.45, 2.75) is 33.7 Å². The van der Waals surface area contributed by atoms with Gasteiger partial charge < -0.3 is 5.32 Å². The van der Waals surface area contributed by atoms with Crippen LogP contribution in [-0.4, -0.2) is 16.5 Å². The van der Waals surface area contributed by atoms with E-state index < -0.39 is 0 Å². The average molecular weight is 273 g/mol. The predicted molar refractivity (Wildman–Crippen MR) is 78.2 cm³/mol. The highest BCUT2D eigenvalue weighted by Crippen LogP contribution is 2.27. The molecule has 0 spiro atoms. The molecular weight excluding hydrogens is 253 g/mol. The van der Waals surface area contributed by atoms with Crippen molar-refractivity contribution in [1.29, 1.82) is 0 Å². The second-order valence-corrected chi connectivity index (χ2v) is 5.00. The summed E-state index contributed by atoms with van der Waals surface area (Å²) in [5.74, 6) is 0.500. The van der Waals surface area contributed by atoms with Crippen LogP contribution in [0.15, 0.2) is 24.4 Å². The van der Waals surface area contributed by atoms with Gasteiger partial charge in [-0.25, -0.2) is 14.4 Å². The highest BCUT2D eigenvalue weighted by molar-refractivity contribution is 5.38. The minimum atomic E-state index is -0.248. The van der Waals surface area contributed by atoms with E-state index in [1.807, 2.05) is 39.8 Å². The number of rotatable bonds is 4. The molecule has 0 aliphatic rings. The third-order valence-electron chi connectivity index (χ3n) is 3.27. The number of nitrogens with zero attached hydrogens (tertiary/aromatic N) is 2. The van der Waals surface area contributed by atoms with Crippen LogP contribution in [0.25, 0.3) is 0 Å². The van der Waals surface area contributed by atoms with Gasteiger partial charge in [0, 0.05) is 11.8 Å². The summed E-state index contributed by atoms with van der Waals surface area (Å²) in [4.78, 5) is 8.54. The van der Waals surface area contributed by atoms with Crippen molar-refractivity contribution in [2.75, 3.05) is 6.54 Å². The van der Waals surface area contributed by atoms with Gasteiger partial charge in [-0.1, -0.05) is 13.0 Å². The molecule has 0 radical (unpaired) electrons. The topological polar surface area (TPSA) is 37.8 Å². The van der Waals surface area contributed by atoms with E-state index in [-0.39, 0.29) is 11.9 Å². The summed E-state index contributed by atoms with van der Waals surface area (Å²) >= 11 is 0. The summed E-state index contributed by atoms with van der Waals surface area (Å²) < 4.78 is 14.4. The van der Waals surface area contributed by atoms with E-state index in [9.17, 15) is 4.39 Å². The van der Waals surface area contributed by atoms with Crippen molar-refractivity contribution in [1.82, 2.24) is 15.3 Å². The van der Waals surface area contributed by atoms with Crippen LogP contribution in [0.2, 0.25) is 0 Å². The minimum absolute atomic E-state index is 0.190. The van der Waals surface area contributed by atoms with Crippen LogP contribution < -0.4 is 5.32 Å². The minimum Gasteiger partial charge on any atom is -0.305 e. The monoisotopic (exact) mass is 273 g/mol. The molecule has 0 fully saturated rings. The van der Waals surface area contributed by atoms with E-state index in [0.29, 0.717) is 11.4 Å². The number of halogens is 1. The van der Waals surface area contributed by atoms with Crippen LogP contribution in [0.1, 0.15) is 41.2 Å². The fourth-order valence-electron chi connectivity index (χ4n) is 2.49. The fraction of sp³-hybridized carbons (Fsp3) is 0.375. The Balaban J connectivity index is 2.54. The van der Waals surface area contributed by atoms with Crippen LogP contribution in [0.4, 0.5) is 4.39 Å². The van der Waals surface area contributed by atoms with Gasteiger partial charge in [0.15, 0.2) is 0 Å². The van der Waals surface area contributed by atoms with E-state index in [1.54, 1.807) is 12.3 Å². The molecule has 0 saturated carbocycles. The summed E-state index contributed by atoms with van der Waals surface area (Å²) in [6.45, 7) is 8.41. The largest absolute Gasteiger partial charge is 0.305 e. The number of aryl methyl sites for hydroxylation is 3. The zero-order valence-electron chi connectivity index (χ0n) is 12.4. The lowest BCUT2D eigenvalue weighted by molar-refractivity contribution is 0.546. The molecule has 1 unspecified atom stereocenters. The summed E-state index contributed by atoms with van der Waals surface area (Å²) in [6, 6.07) is 5.15. The molecule has 1 heterocycles.